The van der Waals surface area contributed by atoms with E-state index >= 15 is 0 Å². The summed E-state index contributed by atoms with van der Waals surface area (Å²) < 4.78 is 27.6. The van der Waals surface area contributed by atoms with E-state index in [9.17, 15) is 8.42 Å². The molecule has 0 radical (unpaired) electrons. The minimum atomic E-state index is -3.76. The first-order valence-corrected chi connectivity index (χ1v) is 8.35. The van der Waals surface area contributed by atoms with Gasteiger partial charge in [-0.25, -0.2) is 13.3 Å². The largest absolute Gasteiger partial charge is 0.279 e. The number of hydrogen-bond donors (Lipinski definition) is 1. The van der Waals surface area contributed by atoms with Crippen molar-refractivity contribution in [3.05, 3.63) is 70.0 Å². The van der Waals surface area contributed by atoms with Crippen molar-refractivity contribution in [3.63, 3.8) is 0 Å². The molecule has 1 N–H and O–H groups in total. The van der Waals surface area contributed by atoms with Gasteiger partial charge >= 0.3 is 0 Å². The molecule has 3 rings (SSSR count). The second-order valence-electron chi connectivity index (χ2n) is 4.84. The first kappa shape index (κ1) is 14.6. The van der Waals surface area contributed by atoms with Crippen LogP contribution in [0.4, 0.5) is 11.4 Å². The lowest BCUT2D eigenvalue weighted by Crippen LogP contribution is -2.14. The molecule has 0 fully saturated rings. The van der Waals surface area contributed by atoms with Gasteiger partial charge in [0.1, 0.15) is 0 Å². The van der Waals surface area contributed by atoms with Crippen molar-refractivity contribution in [2.45, 2.75) is 11.3 Å². The lowest BCUT2D eigenvalue weighted by Gasteiger charge is -2.13. The maximum Gasteiger partial charge on any atom is 0.260 e. The van der Waals surface area contributed by atoms with Gasteiger partial charge in [0.15, 0.2) is 5.69 Å². The number of benzene rings is 2. The maximum atomic E-state index is 12.5. The summed E-state index contributed by atoms with van der Waals surface area (Å²) in [6.07, 6.45) is 4.53. The van der Waals surface area contributed by atoms with Gasteiger partial charge in [0.25, 0.3) is 10.0 Å². The Bertz CT molecular complexity index is 928. The molecule has 0 spiro atoms. The van der Waals surface area contributed by atoms with Gasteiger partial charge in [-0.15, -0.1) is 0 Å². The molecule has 0 saturated heterocycles. The van der Waals surface area contributed by atoms with Crippen LogP contribution in [0.25, 0.3) is 10.9 Å². The monoisotopic (exact) mass is 330 g/mol. The summed E-state index contributed by atoms with van der Waals surface area (Å²) in [5.74, 6) is 0. The fourth-order valence-corrected chi connectivity index (χ4v) is 3.70. The Morgan fingerprint density at radius 2 is 2.05 bits per heavy atom. The molecule has 2 aromatic carbocycles. The highest BCUT2D eigenvalue weighted by Crippen LogP contribution is 2.32. The smallest absolute Gasteiger partial charge is 0.260 e. The topological polar surface area (TPSA) is 50.5 Å². The lowest BCUT2D eigenvalue weighted by atomic mass is 10.1. The Hall–Kier alpha value is -2.29. The van der Waals surface area contributed by atoms with Gasteiger partial charge in [-0.2, -0.15) is 0 Å². The van der Waals surface area contributed by atoms with Crippen LogP contribution in [0.3, 0.4) is 0 Å². The zero-order valence-corrected chi connectivity index (χ0v) is 12.9. The van der Waals surface area contributed by atoms with Crippen molar-refractivity contribution in [3.8, 4) is 0 Å². The Balaban J connectivity index is 2.01. The van der Waals surface area contributed by atoms with Crippen LogP contribution in [-0.2, 0) is 16.4 Å². The summed E-state index contributed by atoms with van der Waals surface area (Å²) in [6, 6.07) is 9.32. The third-order valence-corrected chi connectivity index (χ3v) is 4.95. The van der Waals surface area contributed by atoms with Gasteiger partial charge in [0.05, 0.1) is 17.2 Å². The van der Waals surface area contributed by atoms with Gasteiger partial charge in [0.2, 0.25) is 0 Å². The molecule has 4 nitrogen and oxygen atoms in total. The molecule has 0 aliphatic heterocycles. The van der Waals surface area contributed by atoms with Crippen LogP contribution < -0.4 is 4.72 Å². The first-order valence-electron chi connectivity index (χ1n) is 6.49. The molecule has 6 heteroatoms. The van der Waals surface area contributed by atoms with Gasteiger partial charge in [-0.1, -0.05) is 35.9 Å². The van der Waals surface area contributed by atoms with E-state index in [0.29, 0.717) is 17.1 Å². The average molecular weight is 331 g/mol. The molecular weight excluding hydrogens is 320 g/mol. The second kappa shape index (κ2) is 5.48. The molecule has 0 heterocycles. The number of rotatable bonds is 3. The zero-order chi connectivity index (χ0) is 15.7. The number of halogens is 1. The van der Waals surface area contributed by atoms with E-state index in [1.807, 2.05) is 12.2 Å². The molecule has 0 atom stereocenters. The predicted molar refractivity (Wildman–Crippen MR) is 87.7 cm³/mol. The van der Waals surface area contributed by atoms with Crippen molar-refractivity contribution >= 4 is 39.1 Å². The summed E-state index contributed by atoms with van der Waals surface area (Å²) in [5, 5.41) is 0.470. The summed E-state index contributed by atoms with van der Waals surface area (Å²) in [6.45, 7) is 6.98. The minimum Gasteiger partial charge on any atom is -0.279 e. The lowest BCUT2D eigenvalue weighted by molar-refractivity contribution is 0.601. The molecule has 0 aromatic heterocycles. The summed E-state index contributed by atoms with van der Waals surface area (Å²) in [5.41, 5.74) is 2.57. The van der Waals surface area contributed by atoms with Crippen molar-refractivity contribution < 1.29 is 8.42 Å². The molecule has 110 valence electrons. The van der Waals surface area contributed by atoms with Crippen molar-refractivity contribution in [1.82, 2.24) is 0 Å². The van der Waals surface area contributed by atoms with E-state index in [2.05, 4.69) is 9.57 Å². The summed E-state index contributed by atoms with van der Waals surface area (Å²) in [7, 11) is -3.76. The number of fused-ring (bicyclic) bond motifs is 1. The molecule has 1 aliphatic rings. The van der Waals surface area contributed by atoms with E-state index in [1.165, 1.54) is 12.1 Å². The highest BCUT2D eigenvalue weighted by molar-refractivity contribution is 7.92. The highest BCUT2D eigenvalue weighted by atomic mass is 35.5. The third-order valence-electron chi connectivity index (χ3n) is 3.37. The fourth-order valence-electron chi connectivity index (χ4n) is 2.35. The molecule has 0 bridgehead atoms. The Kier molecular flexibility index (Phi) is 3.65. The Morgan fingerprint density at radius 3 is 2.82 bits per heavy atom. The fraction of sp³-hybridized carbons (Fsp3) is 0.0625. The van der Waals surface area contributed by atoms with Crippen molar-refractivity contribution in [1.29, 1.82) is 0 Å². The Morgan fingerprint density at radius 1 is 1.23 bits per heavy atom. The average Bonchev–Trinajstić information content (AvgIpc) is 2.95. The van der Waals surface area contributed by atoms with Crippen molar-refractivity contribution in [2.75, 3.05) is 4.72 Å². The van der Waals surface area contributed by atoms with Crippen LogP contribution in [0.5, 0.6) is 0 Å². The molecule has 1 aliphatic carbocycles. The number of allylic oxidation sites excluding steroid dienone is 1. The van der Waals surface area contributed by atoms with Crippen molar-refractivity contribution in [2.24, 2.45) is 0 Å². The second-order valence-corrected chi connectivity index (χ2v) is 6.96. The molecule has 0 saturated carbocycles. The SMILES string of the molecule is [C-]#[N+]c1cccc(S(=O)(=O)Nc2cc(Cl)cc3c2CC=C3)c1. The molecule has 0 amide bonds. The highest BCUT2D eigenvalue weighted by Gasteiger charge is 2.19. The predicted octanol–water partition coefficient (Wildman–Crippen LogP) is 4.26. The van der Waals surface area contributed by atoms with Crippen LogP contribution in [0.1, 0.15) is 11.1 Å². The first-order chi connectivity index (χ1) is 10.5. The van der Waals surface area contributed by atoms with Crippen LogP contribution >= 0.6 is 11.6 Å². The Labute approximate surface area is 133 Å². The van der Waals surface area contributed by atoms with E-state index in [0.717, 1.165) is 11.1 Å². The number of nitrogens with zero attached hydrogens (tertiary/aromatic N) is 1. The van der Waals surface area contributed by atoms with E-state index in [-0.39, 0.29) is 10.6 Å². The van der Waals surface area contributed by atoms with Gasteiger partial charge in [-0.3, -0.25) is 4.72 Å². The molecule has 22 heavy (non-hydrogen) atoms. The maximum absolute atomic E-state index is 12.5. The normalized spacial score (nSPS) is 12.7. The summed E-state index contributed by atoms with van der Waals surface area (Å²) >= 11 is 6.04. The summed E-state index contributed by atoms with van der Waals surface area (Å²) in [4.78, 5) is 3.31. The van der Waals surface area contributed by atoms with E-state index in [4.69, 9.17) is 18.2 Å². The van der Waals surface area contributed by atoms with Gasteiger partial charge in [0, 0.05) is 5.02 Å². The number of anilines is 1. The number of sulfonamides is 1. The number of hydrogen-bond acceptors (Lipinski definition) is 2. The van der Waals surface area contributed by atoms with Gasteiger partial charge in [-0.05, 0) is 41.8 Å². The van der Waals surface area contributed by atoms with E-state index < -0.39 is 10.0 Å². The number of nitrogens with one attached hydrogen (secondary N) is 1. The molecular formula is C16H11ClN2O2S. The molecule has 2 aromatic rings. The third kappa shape index (κ3) is 2.71. The van der Waals surface area contributed by atoms with Crippen LogP contribution in [-0.4, -0.2) is 8.42 Å². The van der Waals surface area contributed by atoms with Gasteiger partial charge < -0.3 is 0 Å². The standard InChI is InChI=1S/C16H11ClN2O2S/c1-18-13-5-3-6-14(10-13)22(20,21)19-16-9-12(17)8-11-4-2-7-15(11)16/h2-6,8-10,19H,7H2. The van der Waals surface area contributed by atoms with Crippen LogP contribution in [0.2, 0.25) is 5.02 Å². The quantitative estimate of drug-likeness (QED) is 0.855. The zero-order valence-electron chi connectivity index (χ0n) is 11.4. The van der Waals surface area contributed by atoms with E-state index in [1.54, 1.807) is 24.3 Å². The van der Waals surface area contributed by atoms with Crippen LogP contribution in [0.15, 0.2) is 47.4 Å². The molecule has 0 unspecified atom stereocenters. The van der Waals surface area contributed by atoms with Crippen LogP contribution in [0, 0.1) is 6.57 Å². The minimum absolute atomic E-state index is 0.0562.